The highest BCUT2D eigenvalue weighted by atomic mass is 16.6. The smallest absolute Gasteiger partial charge is 0.306 e. The molecule has 0 saturated heterocycles. The minimum Gasteiger partial charge on any atom is -0.462 e. The highest BCUT2D eigenvalue weighted by Crippen LogP contribution is 2.15. The third kappa shape index (κ3) is 62.3. The summed E-state index contributed by atoms with van der Waals surface area (Å²) in [5, 5.41) is 0. The van der Waals surface area contributed by atoms with Crippen molar-refractivity contribution < 1.29 is 28.6 Å². The molecule has 436 valence electrons. The highest BCUT2D eigenvalue weighted by molar-refractivity contribution is 5.71. The Morgan fingerprint density at radius 2 is 0.506 bits per heavy atom. The Morgan fingerprint density at radius 3 is 0.818 bits per heavy atom. The Labute approximate surface area is 475 Å². The molecule has 0 N–H and O–H groups in total. The fourth-order valence-electron chi connectivity index (χ4n) is 8.43. The molecule has 1 atom stereocenters. The van der Waals surface area contributed by atoms with Crippen LogP contribution in [0.25, 0.3) is 0 Å². The molecule has 6 heteroatoms. The maximum atomic E-state index is 12.9. The van der Waals surface area contributed by atoms with Crippen LogP contribution in [0, 0.1) is 0 Å². The van der Waals surface area contributed by atoms with E-state index in [1.54, 1.807) is 0 Å². The van der Waals surface area contributed by atoms with Gasteiger partial charge in [0, 0.05) is 19.3 Å². The number of carbonyl (C=O) groups excluding carboxylic acids is 3. The van der Waals surface area contributed by atoms with Crippen LogP contribution in [0.3, 0.4) is 0 Å². The van der Waals surface area contributed by atoms with Crippen LogP contribution < -0.4 is 0 Å². The molecular formula is C71H116O6. The van der Waals surface area contributed by atoms with Gasteiger partial charge >= 0.3 is 17.9 Å². The molecule has 0 aliphatic heterocycles. The van der Waals surface area contributed by atoms with Crippen molar-refractivity contribution in [1.29, 1.82) is 0 Å². The number of ether oxygens (including phenoxy) is 3. The Bertz CT molecular complexity index is 1650. The van der Waals surface area contributed by atoms with Gasteiger partial charge in [-0.25, -0.2) is 0 Å². The summed E-state index contributed by atoms with van der Waals surface area (Å²) in [6.07, 6.45) is 90.2. The van der Waals surface area contributed by atoms with Crippen molar-refractivity contribution in [2.75, 3.05) is 13.2 Å². The second-order valence-electron chi connectivity index (χ2n) is 20.5. The van der Waals surface area contributed by atoms with E-state index in [0.717, 1.165) is 148 Å². The van der Waals surface area contributed by atoms with Gasteiger partial charge in [0.05, 0.1) is 0 Å². The fraction of sp³-hybridized carbons (Fsp3) is 0.648. The molecule has 0 aliphatic rings. The van der Waals surface area contributed by atoms with Gasteiger partial charge in [-0.15, -0.1) is 0 Å². The Balaban J connectivity index is 4.44. The van der Waals surface area contributed by atoms with Crippen molar-refractivity contribution in [3.8, 4) is 0 Å². The first-order valence-corrected chi connectivity index (χ1v) is 31.7. The summed E-state index contributed by atoms with van der Waals surface area (Å²) in [6.45, 7) is 6.38. The zero-order valence-electron chi connectivity index (χ0n) is 49.9. The largest absolute Gasteiger partial charge is 0.462 e. The third-order valence-electron chi connectivity index (χ3n) is 13.1. The number of carbonyl (C=O) groups is 3. The van der Waals surface area contributed by atoms with Gasteiger partial charge in [-0.2, -0.15) is 0 Å². The first-order chi connectivity index (χ1) is 38.0. The molecule has 0 aromatic carbocycles. The van der Waals surface area contributed by atoms with Crippen LogP contribution in [0.15, 0.2) is 134 Å². The van der Waals surface area contributed by atoms with Gasteiger partial charge in [0.15, 0.2) is 6.10 Å². The summed E-state index contributed by atoms with van der Waals surface area (Å²) in [7, 11) is 0. The van der Waals surface area contributed by atoms with Crippen LogP contribution in [0.2, 0.25) is 0 Å². The molecule has 0 aromatic heterocycles. The molecule has 0 bridgehead atoms. The Hall–Kier alpha value is -4.45. The van der Waals surface area contributed by atoms with E-state index in [1.165, 1.54) is 89.9 Å². The SMILES string of the molecule is CC/C=C\C/C=C\C/C=C\C/C=C\C/C=C\CCCCCCCCCCCC(=O)OCC(COC(=O)CCCCCCC/C=C\CCCCCCCC)OC(=O)CCCCC/C=C\C/C=C\C/C=C\C/C=C\C/C=C\CC. The number of rotatable bonds is 56. The average Bonchev–Trinajstić information content (AvgIpc) is 3.43. The molecule has 77 heavy (non-hydrogen) atoms. The van der Waals surface area contributed by atoms with Crippen molar-refractivity contribution in [2.45, 2.75) is 284 Å². The number of hydrogen-bond acceptors (Lipinski definition) is 6. The van der Waals surface area contributed by atoms with E-state index in [2.05, 4.69) is 154 Å². The van der Waals surface area contributed by atoms with Gasteiger partial charge in [-0.05, 0) is 135 Å². The lowest BCUT2D eigenvalue weighted by atomic mass is 10.1. The van der Waals surface area contributed by atoms with Crippen molar-refractivity contribution in [1.82, 2.24) is 0 Å². The summed E-state index contributed by atoms with van der Waals surface area (Å²) in [6, 6.07) is 0. The van der Waals surface area contributed by atoms with Crippen LogP contribution in [-0.4, -0.2) is 37.2 Å². The van der Waals surface area contributed by atoms with E-state index in [-0.39, 0.29) is 37.5 Å². The maximum Gasteiger partial charge on any atom is 0.306 e. The van der Waals surface area contributed by atoms with Crippen LogP contribution in [-0.2, 0) is 28.6 Å². The topological polar surface area (TPSA) is 78.9 Å². The van der Waals surface area contributed by atoms with Gasteiger partial charge in [-0.3, -0.25) is 14.4 Å². The number of esters is 3. The summed E-state index contributed by atoms with van der Waals surface area (Å²) in [5.74, 6) is -0.945. The first kappa shape index (κ1) is 72.5. The molecule has 0 spiro atoms. The third-order valence-corrected chi connectivity index (χ3v) is 13.1. The molecule has 0 radical (unpaired) electrons. The maximum absolute atomic E-state index is 12.9. The molecular weight excluding hydrogens is 949 g/mol. The second-order valence-corrected chi connectivity index (χ2v) is 20.5. The minimum atomic E-state index is -0.807. The van der Waals surface area contributed by atoms with Crippen LogP contribution >= 0.6 is 0 Å². The predicted octanol–water partition coefficient (Wildman–Crippen LogP) is 21.8. The molecule has 0 aromatic rings. The molecule has 0 aliphatic carbocycles. The van der Waals surface area contributed by atoms with Crippen LogP contribution in [0.1, 0.15) is 278 Å². The lowest BCUT2D eigenvalue weighted by molar-refractivity contribution is -0.167. The molecule has 0 saturated carbocycles. The van der Waals surface area contributed by atoms with Gasteiger partial charge < -0.3 is 14.2 Å². The van der Waals surface area contributed by atoms with Gasteiger partial charge in [0.25, 0.3) is 0 Å². The zero-order chi connectivity index (χ0) is 55.7. The zero-order valence-corrected chi connectivity index (χ0v) is 49.9. The summed E-state index contributed by atoms with van der Waals surface area (Å²) in [4.78, 5) is 38.3. The Kier molecular flexibility index (Phi) is 60.4. The fourth-order valence-corrected chi connectivity index (χ4v) is 8.43. The average molecular weight is 1070 g/mol. The summed E-state index contributed by atoms with van der Waals surface area (Å²) in [5.41, 5.74) is 0. The molecule has 6 nitrogen and oxygen atoms in total. The van der Waals surface area contributed by atoms with Crippen LogP contribution in [0.5, 0.6) is 0 Å². The monoisotopic (exact) mass is 1060 g/mol. The quantitative estimate of drug-likeness (QED) is 0.0261. The summed E-state index contributed by atoms with van der Waals surface area (Å²) < 4.78 is 16.9. The minimum absolute atomic E-state index is 0.101. The van der Waals surface area contributed by atoms with E-state index >= 15 is 0 Å². The van der Waals surface area contributed by atoms with Crippen LogP contribution in [0.4, 0.5) is 0 Å². The van der Waals surface area contributed by atoms with E-state index in [1.807, 2.05) is 0 Å². The molecule has 1 unspecified atom stereocenters. The second kappa shape index (κ2) is 64.1. The first-order valence-electron chi connectivity index (χ1n) is 31.7. The van der Waals surface area contributed by atoms with Crippen molar-refractivity contribution in [2.24, 2.45) is 0 Å². The number of hydrogen-bond donors (Lipinski definition) is 0. The van der Waals surface area contributed by atoms with Crippen molar-refractivity contribution >= 4 is 17.9 Å². The standard InChI is InChI=1S/C71H116O6/c1-4-7-10-13-16-19-22-25-28-30-32-33-34-35-36-37-39-40-43-46-49-52-55-58-61-64-70(73)76-67-68(66-75-69(72)63-60-57-54-51-48-45-42-27-24-21-18-15-12-9-6-3)77-71(74)65-62-59-56-53-50-47-44-41-38-31-29-26-23-20-17-14-11-8-5-2/h7-8,10-11,16-17,19-20,25-29,32-33,35-36,38,41-42,47,50,68H,4-6,9,12-15,18,21-24,30-31,34,37,39-40,43-46,48-49,51-67H2,1-3H3/b10-7-,11-8-,19-16-,20-17-,28-25-,29-26-,33-32-,36-35-,41-38-,42-27-,50-47-. The number of unbranched alkanes of at least 4 members (excludes halogenated alkanes) is 23. The number of allylic oxidation sites excluding steroid dienone is 22. The van der Waals surface area contributed by atoms with E-state index in [9.17, 15) is 14.4 Å². The lowest BCUT2D eigenvalue weighted by Gasteiger charge is -2.18. The highest BCUT2D eigenvalue weighted by Gasteiger charge is 2.19. The molecule has 0 rings (SSSR count). The predicted molar refractivity (Wildman–Crippen MR) is 334 cm³/mol. The molecule has 0 fully saturated rings. The normalized spacial score (nSPS) is 13.0. The Morgan fingerprint density at radius 1 is 0.273 bits per heavy atom. The van der Waals surface area contributed by atoms with Gasteiger partial charge in [0.2, 0.25) is 0 Å². The van der Waals surface area contributed by atoms with Crippen molar-refractivity contribution in [3.05, 3.63) is 134 Å². The van der Waals surface area contributed by atoms with Gasteiger partial charge in [-0.1, -0.05) is 257 Å². The molecule has 0 amide bonds. The van der Waals surface area contributed by atoms with Gasteiger partial charge in [0.1, 0.15) is 13.2 Å². The molecule has 0 heterocycles. The van der Waals surface area contributed by atoms with Crippen molar-refractivity contribution in [3.63, 3.8) is 0 Å². The summed E-state index contributed by atoms with van der Waals surface area (Å²) >= 11 is 0. The lowest BCUT2D eigenvalue weighted by Crippen LogP contribution is -2.30. The van der Waals surface area contributed by atoms with E-state index < -0.39 is 6.10 Å². The van der Waals surface area contributed by atoms with E-state index in [0.29, 0.717) is 12.8 Å². The van der Waals surface area contributed by atoms with E-state index in [4.69, 9.17) is 14.2 Å².